The summed E-state index contributed by atoms with van der Waals surface area (Å²) in [5.74, 6) is -0.669. The van der Waals surface area contributed by atoms with Crippen molar-refractivity contribution in [1.82, 2.24) is 0 Å². The third kappa shape index (κ3) is 3.90. The average molecular weight is 380 g/mol. The molecule has 0 bridgehead atoms. The molecule has 0 saturated carbocycles. The van der Waals surface area contributed by atoms with Crippen LogP contribution in [0.5, 0.6) is 0 Å². The lowest BCUT2D eigenvalue weighted by molar-refractivity contribution is -0.385. The molecule has 1 N–H and O–H groups in total. The molecule has 1 aliphatic rings. The molecule has 0 aromatic heterocycles. The number of hydrazone groups is 1. The lowest BCUT2D eigenvalue weighted by Crippen LogP contribution is -2.36. The molecule has 144 valence electrons. The highest BCUT2D eigenvalue weighted by Crippen LogP contribution is 2.26. The van der Waals surface area contributed by atoms with E-state index in [0.717, 1.165) is 11.1 Å². The Bertz CT molecular complexity index is 1010. The van der Waals surface area contributed by atoms with E-state index in [0.29, 0.717) is 16.9 Å². The summed E-state index contributed by atoms with van der Waals surface area (Å²) in [4.78, 5) is 35.6. The van der Waals surface area contributed by atoms with Crippen molar-refractivity contribution in [2.45, 2.75) is 33.6 Å². The van der Waals surface area contributed by atoms with Gasteiger partial charge < -0.3 is 5.32 Å². The molecule has 1 heterocycles. The number of carbonyl (C=O) groups excluding carboxylic acids is 2. The van der Waals surface area contributed by atoms with E-state index in [9.17, 15) is 19.7 Å². The van der Waals surface area contributed by atoms with Gasteiger partial charge in [0.2, 0.25) is 5.91 Å². The number of amides is 2. The van der Waals surface area contributed by atoms with E-state index < -0.39 is 10.8 Å². The second-order valence-corrected chi connectivity index (χ2v) is 6.75. The van der Waals surface area contributed by atoms with Crippen molar-refractivity contribution in [1.29, 1.82) is 0 Å². The molecule has 0 atom stereocenters. The van der Waals surface area contributed by atoms with Gasteiger partial charge in [0.15, 0.2) is 0 Å². The maximum absolute atomic E-state index is 12.6. The van der Waals surface area contributed by atoms with Crippen LogP contribution >= 0.6 is 0 Å². The molecule has 3 rings (SSSR count). The largest absolute Gasteiger partial charge is 0.321 e. The summed E-state index contributed by atoms with van der Waals surface area (Å²) >= 11 is 0. The molecular formula is C20H20N4O4. The van der Waals surface area contributed by atoms with Crippen LogP contribution in [0.4, 0.5) is 17.1 Å². The number of rotatable bonds is 4. The Morgan fingerprint density at radius 1 is 1.11 bits per heavy atom. The van der Waals surface area contributed by atoms with Crippen LogP contribution < -0.4 is 10.3 Å². The van der Waals surface area contributed by atoms with Gasteiger partial charge in [0.25, 0.3) is 11.6 Å². The number of hydrogen-bond acceptors (Lipinski definition) is 5. The van der Waals surface area contributed by atoms with Gasteiger partial charge in [-0.1, -0.05) is 18.2 Å². The number of benzene rings is 2. The van der Waals surface area contributed by atoms with Crippen LogP contribution in [0.1, 0.15) is 29.5 Å². The number of nitrogens with one attached hydrogen (secondary N) is 1. The van der Waals surface area contributed by atoms with Gasteiger partial charge in [0, 0.05) is 30.2 Å². The number of hydrogen-bond donors (Lipinski definition) is 1. The minimum Gasteiger partial charge on any atom is -0.321 e. The smallest absolute Gasteiger partial charge is 0.274 e. The van der Waals surface area contributed by atoms with Crippen LogP contribution in [0, 0.1) is 30.9 Å². The molecule has 0 spiro atoms. The first-order valence-corrected chi connectivity index (χ1v) is 8.80. The fourth-order valence-corrected chi connectivity index (χ4v) is 2.94. The number of anilines is 2. The number of carbonyl (C=O) groups is 2. The summed E-state index contributed by atoms with van der Waals surface area (Å²) in [6.45, 7) is 5.42. The minimum atomic E-state index is -0.496. The molecule has 28 heavy (non-hydrogen) atoms. The SMILES string of the molecule is Cc1ccc(C)c(N2N=C(C(=O)Nc3ccc(C)c([N+](=O)[O-])c3)CCC2=O)c1. The summed E-state index contributed by atoms with van der Waals surface area (Å²) in [5, 5.41) is 19.2. The molecule has 8 heteroatoms. The number of aryl methyl sites for hydroxylation is 3. The maximum atomic E-state index is 12.6. The zero-order chi connectivity index (χ0) is 20.4. The Hall–Kier alpha value is -3.55. The predicted molar refractivity (Wildman–Crippen MR) is 107 cm³/mol. The van der Waals surface area contributed by atoms with Crippen LogP contribution in [0.3, 0.4) is 0 Å². The van der Waals surface area contributed by atoms with E-state index in [2.05, 4.69) is 10.4 Å². The summed E-state index contributed by atoms with van der Waals surface area (Å²) in [6, 6.07) is 10.2. The highest BCUT2D eigenvalue weighted by Gasteiger charge is 2.27. The highest BCUT2D eigenvalue weighted by atomic mass is 16.6. The maximum Gasteiger partial charge on any atom is 0.274 e. The van der Waals surface area contributed by atoms with Crippen molar-refractivity contribution in [3.63, 3.8) is 0 Å². The minimum absolute atomic E-state index is 0.0735. The molecule has 2 aromatic rings. The second-order valence-electron chi connectivity index (χ2n) is 6.75. The molecule has 1 aliphatic heterocycles. The van der Waals surface area contributed by atoms with Gasteiger partial charge in [-0.3, -0.25) is 19.7 Å². The third-order valence-corrected chi connectivity index (χ3v) is 4.55. The van der Waals surface area contributed by atoms with Gasteiger partial charge in [-0.05, 0) is 44.0 Å². The molecule has 0 aliphatic carbocycles. The monoisotopic (exact) mass is 380 g/mol. The summed E-state index contributed by atoms with van der Waals surface area (Å²) in [5.41, 5.74) is 3.43. The van der Waals surface area contributed by atoms with Crippen LogP contribution in [-0.4, -0.2) is 22.4 Å². The normalized spacial score (nSPS) is 13.9. The van der Waals surface area contributed by atoms with Crippen LogP contribution in [0.25, 0.3) is 0 Å². The summed E-state index contributed by atoms with van der Waals surface area (Å²) in [7, 11) is 0. The van der Waals surface area contributed by atoms with Gasteiger partial charge in [-0.15, -0.1) is 0 Å². The topological polar surface area (TPSA) is 105 Å². The molecule has 2 amide bonds. The van der Waals surface area contributed by atoms with Crippen molar-refractivity contribution in [3.05, 3.63) is 63.2 Å². The number of nitro groups is 1. The zero-order valence-corrected chi connectivity index (χ0v) is 15.9. The van der Waals surface area contributed by atoms with Crippen molar-refractivity contribution in [2.24, 2.45) is 5.10 Å². The number of nitro benzene ring substituents is 1. The standard InChI is InChI=1S/C20H20N4O4/c1-12-4-5-13(2)17(10-12)23-19(25)9-8-16(22-23)20(26)21-15-7-6-14(3)18(11-15)24(27)28/h4-7,10-11H,8-9H2,1-3H3,(H,21,26). The van der Waals surface area contributed by atoms with Crippen molar-refractivity contribution >= 4 is 34.6 Å². The third-order valence-electron chi connectivity index (χ3n) is 4.55. The first kappa shape index (κ1) is 19.2. The molecule has 0 unspecified atom stereocenters. The second kappa shape index (κ2) is 7.59. The van der Waals surface area contributed by atoms with Crippen LogP contribution in [0.15, 0.2) is 41.5 Å². The van der Waals surface area contributed by atoms with E-state index in [1.54, 1.807) is 19.1 Å². The summed E-state index contributed by atoms with van der Waals surface area (Å²) in [6.07, 6.45) is 0.369. The summed E-state index contributed by atoms with van der Waals surface area (Å²) < 4.78 is 0. The van der Waals surface area contributed by atoms with Gasteiger partial charge in [-0.2, -0.15) is 5.10 Å². The molecular weight excluding hydrogens is 360 g/mol. The average Bonchev–Trinajstić information content (AvgIpc) is 2.65. The van der Waals surface area contributed by atoms with Crippen LogP contribution in [-0.2, 0) is 9.59 Å². The Kier molecular flexibility index (Phi) is 5.21. The van der Waals surface area contributed by atoms with Gasteiger partial charge in [0.1, 0.15) is 5.71 Å². The van der Waals surface area contributed by atoms with Gasteiger partial charge in [0.05, 0.1) is 10.6 Å². The van der Waals surface area contributed by atoms with E-state index in [1.165, 1.54) is 11.1 Å². The van der Waals surface area contributed by atoms with Gasteiger partial charge >= 0.3 is 0 Å². The Balaban J connectivity index is 1.87. The van der Waals surface area contributed by atoms with Crippen molar-refractivity contribution < 1.29 is 14.5 Å². The fourth-order valence-electron chi connectivity index (χ4n) is 2.94. The molecule has 0 radical (unpaired) electrons. The Labute approximate surface area is 162 Å². The molecule has 0 saturated heterocycles. The van der Waals surface area contributed by atoms with Gasteiger partial charge in [-0.25, -0.2) is 5.01 Å². The van der Waals surface area contributed by atoms with Crippen LogP contribution in [0.2, 0.25) is 0 Å². The van der Waals surface area contributed by atoms with E-state index >= 15 is 0 Å². The zero-order valence-electron chi connectivity index (χ0n) is 15.9. The lowest BCUT2D eigenvalue weighted by Gasteiger charge is -2.24. The Morgan fingerprint density at radius 2 is 1.82 bits per heavy atom. The van der Waals surface area contributed by atoms with Crippen molar-refractivity contribution in [2.75, 3.05) is 10.3 Å². The highest BCUT2D eigenvalue weighted by molar-refractivity contribution is 6.44. The lowest BCUT2D eigenvalue weighted by atomic mass is 10.1. The molecule has 0 fully saturated rings. The molecule has 2 aromatic carbocycles. The van der Waals surface area contributed by atoms with E-state index in [1.807, 2.05) is 32.0 Å². The quantitative estimate of drug-likeness (QED) is 0.646. The Morgan fingerprint density at radius 3 is 2.54 bits per heavy atom. The first-order valence-electron chi connectivity index (χ1n) is 8.80. The molecule has 8 nitrogen and oxygen atoms in total. The van der Waals surface area contributed by atoms with Crippen molar-refractivity contribution in [3.8, 4) is 0 Å². The predicted octanol–water partition coefficient (Wildman–Crippen LogP) is 3.64. The first-order chi connectivity index (χ1) is 13.3. The fraction of sp³-hybridized carbons (Fsp3) is 0.250. The van der Waals surface area contributed by atoms with E-state index in [-0.39, 0.29) is 30.1 Å². The number of nitrogens with zero attached hydrogens (tertiary/aromatic N) is 3. The van der Waals surface area contributed by atoms with E-state index in [4.69, 9.17) is 0 Å².